The van der Waals surface area contributed by atoms with Crippen molar-refractivity contribution in [1.82, 2.24) is 0 Å². The van der Waals surface area contributed by atoms with E-state index in [9.17, 15) is 8.78 Å². The van der Waals surface area contributed by atoms with Gasteiger partial charge >= 0.3 is 0 Å². The molecule has 72 valence electrons. The molecule has 0 saturated heterocycles. The van der Waals surface area contributed by atoms with Gasteiger partial charge < -0.3 is 10.8 Å². The SMILES string of the molecule is N[C@@H](CO)C1CCC(F)(F)CC1. The Hall–Kier alpha value is -0.220. The maximum absolute atomic E-state index is 12.6. The fourth-order valence-electron chi connectivity index (χ4n) is 1.64. The largest absolute Gasteiger partial charge is 0.395 e. The molecule has 0 bridgehead atoms. The van der Waals surface area contributed by atoms with Crippen LogP contribution in [-0.4, -0.2) is 23.7 Å². The molecule has 1 fully saturated rings. The molecule has 1 aliphatic rings. The van der Waals surface area contributed by atoms with Crippen molar-refractivity contribution in [3.8, 4) is 0 Å². The average Bonchev–Trinajstić information content (AvgIpc) is 2.03. The van der Waals surface area contributed by atoms with Crippen LogP contribution in [0.5, 0.6) is 0 Å². The van der Waals surface area contributed by atoms with Crippen LogP contribution < -0.4 is 5.73 Å². The van der Waals surface area contributed by atoms with Gasteiger partial charge in [0.15, 0.2) is 0 Å². The molecule has 0 aromatic rings. The number of hydrogen-bond acceptors (Lipinski definition) is 2. The van der Waals surface area contributed by atoms with Crippen molar-refractivity contribution >= 4 is 0 Å². The van der Waals surface area contributed by atoms with E-state index in [1.807, 2.05) is 0 Å². The summed E-state index contributed by atoms with van der Waals surface area (Å²) in [5.74, 6) is -2.42. The molecule has 0 heterocycles. The number of aliphatic hydroxyl groups excluding tert-OH is 1. The van der Waals surface area contributed by atoms with Crippen molar-refractivity contribution in [3.05, 3.63) is 0 Å². The van der Waals surface area contributed by atoms with Crippen molar-refractivity contribution in [1.29, 1.82) is 0 Å². The lowest BCUT2D eigenvalue weighted by Gasteiger charge is -2.30. The lowest BCUT2D eigenvalue weighted by Crippen LogP contribution is -2.38. The van der Waals surface area contributed by atoms with Crippen LogP contribution in [0.3, 0.4) is 0 Å². The molecule has 0 aromatic heterocycles. The second kappa shape index (κ2) is 3.66. The lowest BCUT2D eigenvalue weighted by molar-refractivity contribution is -0.0499. The standard InChI is InChI=1S/C8H15F2NO/c9-8(10)3-1-6(2-4-8)7(11)5-12/h6-7,12H,1-5,11H2/t7-/m0/s1. The van der Waals surface area contributed by atoms with Crippen molar-refractivity contribution in [3.63, 3.8) is 0 Å². The molecular formula is C8H15F2NO. The van der Waals surface area contributed by atoms with E-state index in [-0.39, 0.29) is 31.4 Å². The van der Waals surface area contributed by atoms with Gasteiger partial charge in [-0.05, 0) is 18.8 Å². The van der Waals surface area contributed by atoms with Crippen LogP contribution >= 0.6 is 0 Å². The molecule has 1 atom stereocenters. The Balaban J connectivity index is 2.36. The first-order chi connectivity index (χ1) is 5.55. The van der Waals surface area contributed by atoms with E-state index in [1.54, 1.807) is 0 Å². The van der Waals surface area contributed by atoms with E-state index in [4.69, 9.17) is 10.8 Å². The summed E-state index contributed by atoms with van der Waals surface area (Å²) < 4.78 is 25.3. The van der Waals surface area contributed by atoms with E-state index in [0.717, 1.165) is 0 Å². The third-order valence-electron chi connectivity index (χ3n) is 2.58. The van der Waals surface area contributed by atoms with Gasteiger partial charge in [-0.3, -0.25) is 0 Å². The van der Waals surface area contributed by atoms with Crippen LogP contribution in [-0.2, 0) is 0 Å². The molecule has 0 amide bonds. The Labute approximate surface area is 70.8 Å². The maximum Gasteiger partial charge on any atom is 0.248 e. The summed E-state index contributed by atoms with van der Waals surface area (Å²) in [4.78, 5) is 0. The summed E-state index contributed by atoms with van der Waals surface area (Å²) >= 11 is 0. The zero-order chi connectivity index (χ0) is 9.19. The minimum atomic E-state index is -2.49. The maximum atomic E-state index is 12.6. The molecular weight excluding hydrogens is 164 g/mol. The molecule has 2 nitrogen and oxygen atoms in total. The normalized spacial score (nSPS) is 27.0. The van der Waals surface area contributed by atoms with Crippen molar-refractivity contribution in [2.75, 3.05) is 6.61 Å². The second-order valence-corrected chi connectivity index (χ2v) is 3.54. The van der Waals surface area contributed by atoms with Gasteiger partial charge in [-0.25, -0.2) is 8.78 Å². The van der Waals surface area contributed by atoms with Crippen molar-refractivity contribution in [2.45, 2.75) is 37.6 Å². The van der Waals surface area contributed by atoms with E-state index < -0.39 is 5.92 Å². The Morgan fingerprint density at radius 1 is 1.42 bits per heavy atom. The van der Waals surface area contributed by atoms with E-state index in [2.05, 4.69) is 0 Å². The highest BCUT2D eigenvalue weighted by atomic mass is 19.3. The van der Waals surface area contributed by atoms with Crippen molar-refractivity contribution < 1.29 is 13.9 Å². The van der Waals surface area contributed by atoms with Crippen LogP contribution in [0.25, 0.3) is 0 Å². The Morgan fingerprint density at radius 3 is 2.33 bits per heavy atom. The average molecular weight is 179 g/mol. The fourth-order valence-corrected chi connectivity index (χ4v) is 1.64. The van der Waals surface area contributed by atoms with Crippen LogP contribution in [0.2, 0.25) is 0 Å². The Morgan fingerprint density at radius 2 is 1.92 bits per heavy atom. The van der Waals surface area contributed by atoms with Gasteiger partial charge in [0.05, 0.1) is 6.61 Å². The highest BCUT2D eigenvalue weighted by molar-refractivity contribution is 4.82. The number of alkyl halides is 2. The monoisotopic (exact) mass is 179 g/mol. The van der Waals surface area contributed by atoms with Crippen molar-refractivity contribution in [2.24, 2.45) is 11.7 Å². The molecule has 0 aromatic carbocycles. The molecule has 0 radical (unpaired) electrons. The van der Waals surface area contributed by atoms with E-state index in [0.29, 0.717) is 12.8 Å². The molecule has 0 unspecified atom stereocenters. The third-order valence-corrected chi connectivity index (χ3v) is 2.58. The molecule has 1 saturated carbocycles. The van der Waals surface area contributed by atoms with Crippen LogP contribution in [0.4, 0.5) is 8.78 Å². The van der Waals surface area contributed by atoms with Gasteiger partial charge in [0.2, 0.25) is 5.92 Å². The summed E-state index contributed by atoms with van der Waals surface area (Å²) in [6, 6.07) is -0.318. The topological polar surface area (TPSA) is 46.2 Å². The van der Waals surface area contributed by atoms with Gasteiger partial charge in [-0.2, -0.15) is 0 Å². The van der Waals surface area contributed by atoms with E-state index >= 15 is 0 Å². The predicted octanol–water partition coefficient (Wildman–Crippen LogP) is 1.13. The Kier molecular flexibility index (Phi) is 3.01. The molecule has 4 heteroatoms. The summed E-state index contributed by atoms with van der Waals surface area (Å²) in [6.45, 7) is -0.101. The number of halogens is 2. The first kappa shape index (κ1) is 9.86. The zero-order valence-corrected chi connectivity index (χ0v) is 6.97. The van der Waals surface area contributed by atoms with Crippen LogP contribution in [0.1, 0.15) is 25.7 Å². The molecule has 0 aliphatic heterocycles. The number of rotatable bonds is 2. The number of nitrogens with two attached hydrogens (primary N) is 1. The van der Waals surface area contributed by atoms with Gasteiger partial charge in [0.1, 0.15) is 0 Å². The summed E-state index contributed by atoms with van der Waals surface area (Å²) in [5, 5.41) is 8.70. The fraction of sp³-hybridized carbons (Fsp3) is 1.00. The zero-order valence-electron chi connectivity index (χ0n) is 6.97. The highest BCUT2D eigenvalue weighted by Crippen LogP contribution is 2.36. The summed E-state index contributed by atoms with van der Waals surface area (Å²) in [5.41, 5.74) is 5.54. The smallest absolute Gasteiger partial charge is 0.248 e. The highest BCUT2D eigenvalue weighted by Gasteiger charge is 2.36. The second-order valence-electron chi connectivity index (χ2n) is 3.54. The van der Waals surface area contributed by atoms with Crippen LogP contribution in [0.15, 0.2) is 0 Å². The minimum Gasteiger partial charge on any atom is -0.395 e. The molecule has 0 spiro atoms. The third kappa shape index (κ3) is 2.38. The van der Waals surface area contributed by atoms with Gasteiger partial charge in [0, 0.05) is 18.9 Å². The number of hydrogen-bond donors (Lipinski definition) is 2. The quantitative estimate of drug-likeness (QED) is 0.667. The number of aliphatic hydroxyl groups is 1. The minimum absolute atomic E-state index is 0.0780. The molecule has 3 N–H and O–H groups in total. The van der Waals surface area contributed by atoms with Gasteiger partial charge in [-0.15, -0.1) is 0 Å². The van der Waals surface area contributed by atoms with E-state index in [1.165, 1.54) is 0 Å². The first-order valence-electron chi connectivity index (χ1n) is 4.29. The van der Waals surface area contributed by atoms with Gasteiger partial charge in [-0.1, -0.05) is 0 Å². The molecule has 1 aliphatic carbocycles. The molecule has 1 rings (SSSR count). The lowest BCUT2D eigenvalue weighted by atomic mass is 9.83. The van der Waals surface area contributed by atoms with Gasteiger partial charge in [0.25, 0.3) is 0 Å². The summed E-state index contributed by atoms with van der Waals surface area (Å²) in [7, 11) is 0. The summed E-state index contributed by atoms with van der Waals surface area (Å²) in [6.07, 6.45) is 0.722. The Bertz CT molecular complexity index is 142. The first-order valence-corrected chi connectivity index (χ1v) is 4.29. The van der Waals surface area contributed by atoms with Crippen LogP contribution in [0, 0.1) is 5.92 Å². The predicted molar refractivity (Wildman–Crippen MR) is 42.0 cm³/mol. The molecule has 12 heavy (non-hydrogen) atoms.